The Kier molecular flexibility index (Phi) is 4.30. The van der Waals surface area contributed by atoms with E-state index < -0.39 is 17.3 Å². The second-order valence-corrected chi connectivity index (χ2v) is 3.56. The third kappa shape index (κ3) is 2.86. The van der Waals surface area contributed by atoms with Crippen LogP contribution in [0.1, 0.15) is 0 Å². The second-order valence-electron chi connectivity index (χ2n) is 3.56. The Labute approximate surface area is 97.0 Å². The van der Waals surface area contributed by atoms with Gasteiger partial charge in [-0.2, -0.15) is 0 Å². The number of aromatic nitrogens is 2. The number of anilines is 2. The summed E-state index contributed by atoms with van der Waals surface area (Å²) in [6.07, 6.45) is 0. The zero-order valence-corrected chi connectivity index (χ0v) is 9.69. The molecule has 96 valence electrons. The minimum Gasteiger partial charge on any atom is -0.394 e. The lowest BCUT2D eigenvalue weighted by molar-refractivity contribution is 0.153. The number of nitrogens with two attached hydrogens (primary N) is 1. The van der Waals surface area contributed by atoms with Crippen LogP contribution in [0.2, 0.25) is 0 Å². The normalized spacial score (nSPS) is 12.4. The molecule has 0 saturated carbocycles. The molecule has 0 radical (unpaired) electrons. The molecule has 0 amide bonds. The van der Waals surface area contributed by atoms with Crippen LogP contribution in [0.4, 0.5) is 11.5 Å². The van der Waals surface area contributed by atoms with Crippen molar-refractivity contribution < 1.29 is 9.84 Å². The van der Waals surface area contributed by atoms with Crippen LogP contribution in [0.5, 0.6) is 0 Å². The number of nitrogens with zero attached hydrogens (tertiary/aromatic N) is 1. The van der Waals surface area contributed by atoms with Gasteiger partial charge in [-0.15, -0.1) is 0 Å². The SMILES string of the molecule is COCC(CO)Nc1c(N)n(C)c(=O)[nH]c1=O. The van der Waals surface area contributed by atoms with Crippen molar-refractivity contribution in [2.75, 3.05) is 31.4 Å². The zero-order valence-electron chi connectivity index (χ0n) is 9.69. The smallest absolute Gasteiger partial charge is 0.329 e. The molecule has 1 heterocycles. The van der Waals surface area contributed by atoms with Crippen LogP contribution in [0, 0.1) is 0 Å². The van der Waals surface area contributed by atoms with Gasteiger partial charge >= 0.3 is 5.69 Å². The van der Waals surface area contributed by atoms with Gasteiger partial charge in [0.2, 0.25) is 0 Å². The number of ether oxygens (including phenoxy) is 1. The van der Waals surface area contributed by atoms with Crippen molar-refractivity contribution in [2.45, 2.75) is 6.04 Å². The summed E-state index contributed by atoms with van der Waals surface area (Å²) in [7, 11) is 2.90. The van der Waals surface area contributed by atoms with Crippen LogP contribution in [0.15, 0.2) is 9.59 Å². The van der Waals surface area contributed by atoms with Crippen LogP contribution >= 0.6 is 0 Å². The fourth-order valence-corrected chi connectivity index (χ4v) is 1.32. The number of hydrogen-bond acceptors (Lipinski definition) is 6. The summed E-state index contributed by atoms with van der Waals surface area (Å²) in [6.45, 7) is -0.0201. The van der Waals surface area contributed by atoms with Crippen LogP contribution in [0.25, 0.3) is 0 Å². The number of methoxy groups -OCH3 is 1. The van der Waals surface area contributed by atoms with Gasteiger partial charge in [0.1, 0.15) is 11.5 Å². The number of hydrogen-bond donors (Lipinski definition) is 4. The molecule has 1 aromatic heterocycles. The summed E-state index contributed by atoms with van der Waals surface area (Å²) in [4.78, 5) is 24.9. The first-order valence-corrected chi connectivity index (χ1v) is 4.96. The Balaban J connectivity index is 3.10. The molecule has 0 spiro atoms. The number of aliphatic hydroxyl groups excluding tert-OH is 1. The highest BCUT2D eigenvalue weighted by Gasteiger charge is 2.14. The van der Waals surface area contributed by atoms with Gasteiger partial charge in [-0.1, -0.05) is 0 Å². The first-order chi connectivity index (χ1) is 8.01. The van der Waals surface area contributed by atoms with E-state index in [2.05, 4.69) is 10.3 Å². The molecule has 1 unspecified atom stereocenters. The summed E-state index contributed by atoms with van der Waals surface area (Å²) in [5.41, 5.74) is 4.47. The van der Waals surface area contributed by atoms with E-state index in [1.165, 1.54) is 14.2 Å². The predicted octanol–water partition coefficient (Wildman–Crippen LogP) is -1.92. The molecule has 0 aromatic carbocycles. The molecule has 17 heavy (non-hydrogen) atoms. The fraction of sp³-hybridized carbons (Fsp3) is 0.556. The van der Waals surface area contributed by atoms with Gasteiger partial charge in [-0.3, -0.25) is 14.3 Å². The molecule has 1 rings (SSSR count). The molecule has 0 bridgehead atoms. The van der Waals surface area contributed by atoms with Gasteiger partial charge in [0.05, 0.1) is 19.3 Å². The van der Waals surface area contributed by atoms with Gasteiger partial charge in [0.15, 0.2) is 0 Å². The monoisotopic (exact) mass is 244 g/mol. The second kappa shape index (κ2) is 5.51. The quantitative estimate of drug-likeness (QED) is 0.478. The molecule has 8 heteroatoms. The average Bonchev–Trinajstić information content (AvgIpc) is 2.30. The number of nitrogens with one attached hydrogen (secondary N) is 2. The largest absolute Gasteiger partial charge is 0.394 e. The van der Waals surface area contributed by atoms with Gasteiger partial charge in [0, 0.05) is 14.2 Å². The minimum atomic E-state index is -0.625. The van der Waals surface area contributed by atoms with E-state index in [-0.39, 0.29) is 24.7 Å². The maximum absolute atomic E-state index is 11.5. The molecule has 0 aliphatic carbocycles. The Morgan fingerprint density at radius 3 is 2.76 bits per heavy atom. The molecule has 0 aliphatic rings. The third-order valence-electron chi connectivity index (χ3n) is 2.31. The minimum absolute atomic E-state index is 0.00769. The van der Waals surface area contributed by atoms with Crippen molar-refractivity contribution in [2.24, 2.45) is 7.05 Å². The van der Waals surface area contributed by atoms with Crippen molar-refractivity contribution in [3.8, 4) is 0 Å². The summed E-state index contributed by atoms with van der Waals surface area (Å²) in [5.74, 6) is 0.00769. The third-order valence-corrected chi connectivity index (χ3v) is 2.31. The van der Waals surface area contributed by atoms with Crippen molar-refractivity contribution in [3.05, 3.63) is 20.8 Å². The molecule has 1 aromatic rings. The van der Waals surface area contributed by atoms with E-state index in [1.807, 2.05) is 0 Å². The van der Waals surface area contributed by atoms with Gasteiger partial charge in [0.25, 0.3) is 5.56 Å². The van der Waals surface area contributed by atoms with Crippen LogP contribution < -0.4 is 22.3 Å². The van der Waals surface area contributed by atoms with E-state index in [0.29, 0.717) is 0 Å². The molecule has 0 fully saturated rings. The molecule has 5 N–H and O–H groups in total. The van der Waals surface area contributed by atoms with Crippen LogP contribution in [-0.2, 0) is 11.8 Å². The first-order valence-electron chi connectivity index (χ1n) is 4.96. The number of H-pyrrole nitrogens is 1. The zero-order chi connectivity index (χ0) is 13.0. The number of rotatable bonds is 5. The first kappa shape index (κ1) is 13.3. The molecule has 1 atom stereocenters. The van der Waals surface area contributed by atoms with E-state index in [0.717, 1.165) is 4.57 Å². The van der Waals surface area contributed by atoms with Crippen molar-refractivity contribution >= 4 is 11.5 Å². The lowest BCUT2D eigenvalue weighted by Gasteiger charge is -2.17. The highest BCUT2D eigenvalue weighted by atomic mass is 16.5. The molecule has 0 aliphatic heterocycles. The molecular formula is C9H16N4O4. The lowest BCUT2D eigenvalue weighted by Crippen LogP contribution is -2.37. The molecular weight excluding hydrogens is 228 g/mol. The number of nitrogen functional groups attached to an aromatic ring is 1. The van der Waals surface area contributed by atoms with E-state index in [9.17, 15) is 9.59 Å². The summed E-state index contributed by atoms with van der Waals surface area (Å²) >= 11 is 0. The van der Waals surface area contributed by atoms with Crippen LogP contribution in [0.3, 0.4) is 0 Å². The lowest BCUT2D eigenvalue weighted by atomic mass is 10.3. The Morgan fingerprint density at radius 1 is 1.59 bits per heavy atom. The predicted molar refractivity (Wildman–Crippen MR) is 63.1 cm³/mol. The maximum atomic E-state index is 11.5. The summed E-state index contributed by atoms with van der Waals surface area (Å²) < 4.78 is 5.96. The van der Waals surface area contributed by atoms with E-state index >= 15 is 0 Å². The van der Waals surface area contributed by atoms with Crippen molar-refractivity contribution in [1.29, 1.82) is 0 Å². The highest BCUT2D eigenvalue weighted by Crippen LogP contribution is 2.09. The summed E-state index contributed by atoms with van der Waals surface area (Å²) in [6, 6.07) is -0.471. The highest BCUT2D eigenvalue weighted by molar-refractivity contribution is 5.60. The van der Waals surface area contributed by atoms with Crippen molar-refractivity contribution in [3.63, 3.8) is 0 Å². The molecule has 0 saturated heterocycles. The topological polar surface area (TPSA) is 122 Å². The number of aliphatic hydroxyl groups is 1. The van der Waals surface area contributed by atoms with Gasteiger partial charge in [-0.05, 0) is 0 Å². The standard InChI is InChI=1S/C9H16N4O4/c1-13-7(10)6(8(15)12-9(13)16)11-5(3-14)4-17-2/h5,11,14H,3-4,10H2,1-2H3,(H,12,15,16). The Bertz CT molecular complexity index is 493. The van der Waals surface area contributed by atoms with Crippen molar-refractivity contribution in [1.82, 2.24) is 9.55 Å². The Morgan fingerprint density at radius 2 is 2.24 bits per heavy atom. The summed E-state index contributed by atoms with van der Waals surface area (Å²) in [5, 5.41) is 11.8. The van der Waals surface area contributed by atoms with Gasteiger partial charge in [-0.25, -0.2) is 4.79 Å². The number of aromatic amines is 1. The van der Waals surface area contributed by atoms with Crippen LogP contribution in [-0.4, -0.2) is 41.0 Å². The van der Waals surface area contributed by atoms with E-state index in [1.54, 1.807) is 0 Å². The average molecular weight is 244 g/mol. The maximum Gasteiger partial charge on any atom is 0.329 e. The molecule has 8 nitrogen and oxygen atoms in total. The van der Waals surface area contributed by atoms with E-state index in [4.69, 9.17) is 15.6 Å². The fourth-order valence-electron chi connectivity index (χ4n) is 1.32. The van der Waals surface area contributed by atoms with Gasteiger partial charge < -0.3 is 20.9 Å². The Hall–Kier alpha value is -1.80.